The van der Waals surface area contributed by atoms with Gasteiger partial charge in [-0.05, 0) is 31.0 Å². The molecular formula is C20H24F2N6O3. The molecule has 1 aromatic carbocycles. The van der Waals surface area contributed by atoms with E-state index in [9.17, 15) is 23.2 Å². The summed E-state index contributed by atoms with van der Waals surface area (Å²) < 4.78 is 28.6. The molecule has 0 spiro atoms. The number of carbonyl (C=O) groups excluding carboxylic acids is 3. The molecule has 2 unspecified atom stereocenters. The third kappa shape index (κ3) is 5.23. The van der Waals surface area contributed by atoms with Crippen molar-refractivity contribution >= 4 is 17.7 Å². The highest BCUT2D eigenvalue weighted by molar-refractivity contribution is 5.95. The van der Waals surface area contributed by atoms with E-state index in [2.05, 4.69) is 10.4 Å². The summed E-state index contributed by atoms with van der Waals surface area (Å²) in [4.78, 5) is 37.9. The van der Waals surface area contributed by atoms with Crippen molar-refractivity contribution in [1.82, 2.24) is 20.0 Å². The van der Waals surface area contributed by atoms with Crippen molar-refractivity contribution in [3.63, 3.8) is 0 Å². The predicted octanol–water partition coefficient (Wildman–Crippen LogP) is 0.587. The van der Waals surface area contributed by atoms with Gasteiger partial charge in [-0.25, -0.2) is 8.78 Å². The fourth-order valence-corrected chi connectivity index (χ4v) is 3.41. The predicted molar refractivity (Wildman–Crippen MR) is 106 cm³/mol. The second-order valence-corrected chi connectivity index (χ2v) is 7.49. The minimum atomic E-state index is -0.894. The highest BCUT2D eigenvalue weighted by Gasteiger charge is 2.27. The number of carbonyl (C=O) groups is 3. The zero-order valence-corrected chi connectivity index (χ0v) is 17.0. The summed E-state index contributed by atoms with van der Waals surface area (Å²) in [5.74, 6) is -2.81. The maximum absolute atomic E-state index is 13.5. The molecule has 2 heterocycles. The number of hydrogen-bond acceptors (Lipinski definition) is 5. The molecule has 2 atom stereocenters. The minimum absolute atomic E-state index is 0.0575. The first kappa shape index (κ1) is 22.3. The normalized spacial score (nSPS) is 15.2. The van der Waals surface area contributed by atoms with Gasteiger partial charge >= 0.3 is 0 Å². The number of primary amides is 1. The number of halogens is 2. The summed E-state index contributed by atoms with van der Waals surface area (Å²) >= 11 is 0. The summed E-state index contributed by atoms with van der Waals surface area (Å²) in [6.45, 7) is 2.58. The van der Waals surface area contributed by atoms with Gasteiger partial charge in [-0.3, -0.25) is 19.1 Å². The molecule has 5 N–H and O–H groups in total. The molecule has 1 aliphatic heterocycles. The van der Waals surface area contributed by atoms with E-state index >= 15 is 0 Å². The smallest absolute Gasteiger partial charge is 0.255 e. The highest BCUT2D eigenvalue weighted by atomic mass is 19.1. The summed E-state index contributed by atoms with van der Waals surface area (Å²) in [6.07, 6.45) is 1.60. The van der Waals surface area contributed by atoms with Crippen LogP contribution in [-0.4, -0.2) is 45.0 Å². The fourth-order valence-electron chi connectivity index (χ4n) is 3.41. The van der Waals surface area contributed by atoms with Crippen molar-refractivity contribution in [2.45, 2.75) is 44.9 Å². The largest absolute Gasteiger partial charge is 0.368 e. The Morgan fingerprint density at radius 1 is 1.19 bits per heavy atom. The SMILES string of the molecule is CC(NC(=O)c1cnn2c1CN(C(=O)CCC(N)C(N)=O)CC2)c1cc(F)cc(F)c1. The lowest BCUT2D eigenvalue weighted by Gasteiger charge is -2.28. The van der Waals surface area contributed by atoms with Crippen LogP contribution in [0.4, 0.5) is 8.78 Å². The van der Waals surface area contributed by atoms with Crippen molar-refractivity contribution < 1.29 is 23.2 Å². The average molecular weight is 434 g/mol. The van der Waals surface area contributed by atoms with E-state index in [0.29, 0.717) is 18.8 Å². The van der Waals surface area contributed by atoms with E-state index in [1.54, 1.807) is 16.5 Å². The summed E-state index contributed by atoms with van der Waals surface area (Å²) in [5.41, 5.74) is 11.8. The van der Waals surface area contributed by atoms with Crippen LogP contribution in [0.1, 0.15) is 47.4 Å². The standard InChI is InChI=1S/C20H24F2N6O3/c1-11(12-6-13(21)8-14(22)7-12)26-20(31)15-9-25-28-5-4-27(10-17(15)28)18(29)3-2-16(23)19(24)30/h6-9,11,16H,2-5,10,23H2,1H3,(H2,24,30)(H,26,31). The third-order valence-corrected chi connectivity index (χ3v) is 5.24. The van der Waals surface area contributed by atoms with Crippen LogP contribution in [-0.2, 0) is 22.7 Å². The Balaban J connectivity index is 1.67. The van der Waals surface area contributed by atoms with Crippen LogP contribution in [0, 0.1) is 11.6 Å². The van der Waals surface area contributed by atoms with Crippen LogP contribution >= 0.6 is 0 Å². The lowest BCUT2D eigenvalue weighted by atomic mass is 10.1. The molecule has 0 aliphatic carbocycles. The topological polar surface area (TPSA) is 136 Å². The van der Waals surface area contributed by atoms with Crippen molar-refractivity contribution in [1.29, 1.82) is 0 Å². The van der Waals surface area contributed by atoms with Gasteiger partial charge in [0.1, 0.15) is 11.6 Å². The minimum Gasteiger partial charge on any atom is -0.368 e. The number of nitrogens with one attached hydrogen (secondary N) is 1. The molecule has 0 fully saturated rings. The molecule has 1 aromatic heterocycles. The molecular weight excluding hydrogens is 410 g/mol. The number of nitrogens with two attached hydrogens (primary N) is 2. The summed E-state index contributed by atoms with van der Waals surface area (Å²) in [7, 11) is 0. The van der Waals surface area contributed by atoms with Crippen molar-refractivity contribution in [2.75, 3.05) is 6.54 Å². The monoisotopic (exact) mass is 434 g/mol. The van der Waals surface area contributed by atoms with Gasteiger partial charge in [0.15, 0.2) is 0 Å². The van der Waals surface area contributed by atoms with Gasteiger partial charge in [0, 0.05) is 19.0 Å². The molecule has 11 heteroatoms. The molecule has 0 saturated carbocycles. The maximum atomic E-state index is 13.5. The molecule has 0 saturated heterocycles. The number of benzene rings is 1. The van der Waals surface area contributed by atoms with E-state index in [-0.39, 0.29) is 36.4 Å². The molecule has 3 amide bonds. The highest BCUT2D eigenvalue weighted by Crippen LogP contribution is 2.20. The van der Waals surface area contributed by atoms with E-state index in [1.807, 2.05) is 0 Å². The lowest BCUT2D eigenvalue weighted by Crippen LogP contribution is -2.41. The van der Waals surface area contributed by atoms with Crippen molar-refractivity contribution in [2.24, 2.45) is 11.5 Å². The zero-order chi connectivity index (χ0) is 22.7. The number of fused-ring (bicyclic) bond motifs is 1. The number of nitrogens with zero attached hydrogens (tertiary/aromatic N) is 3. The third-order valence-electron chi connectivity index (χ3n) is 5.24. The van der Waals surface area contributed by atoms with Crippen LogP contribution in [0.3, 0.4) is 0 Å². The maximum Gasteiger partial charge on any atom is 0.255 e. The molecule has 2 aromatic rings. The first-order valence-electron chi connectivity index (χ1n) is 9.80. The van der Waals surface area contributed by atoms with Gasteiger partial charge in [-0.2, -0.15) is 5.10 Å². The Morgan fingerprint density at radius 2 is 1.87 bits per heavy atom. The second kappa shape index (κ2) is 9.21. The molecule has 1 aliphatic rings. The second-order valence-electron chi connectivity index (χ2n) is 7.49. The Labute approximate surface area is 177 Å². The van der Waals surface area contributed by atoms with E-state index in [0.717, 1.165) is 18.2 Å². The van der Waals surface area contributed by atoms with Gasteiger partial charge in [-0.1, -0.05) is 0 Å². The van der Waals surface area contributed by atoms with Crippen molar-refractivity contribution in [3.05, 3.63) is 52.9 Å². The molecule has 0 bridgehead atoms. The van der Waals surface area contributed by atoms with Gasteiger partial charge < -0.3 is 21.7 Å². The van der Waals surface area contributed by atoms with E-state index < -0.39 is 35.5 Å². The molecule has 0 radical (unpaired) electrons. The number of amides is 3. The van der Waals surface area contributed by atoms with Gasteiger partial charge in [0.05, 0.1) is 42.6 Å². The van der Waals surface area contributed by atoms with Gasteiger partial charge in [0.25, 0.3) is 5.91 Å². The molecule has 166 valence electrons. The number of hydrogen-bond donors (Lipinski definition) is 3. The Bertz CT molecular complexity index is 989. The Hall–Kier alpha value is -3.34. The fraction of sp³-hybridized carbons (Fsp3) is 0.400. The molecule has 9 nitrogen and oxygen atoms in total. The molecule has 3 rings (SSSR count). The van der Waals surface area contributed by atoms with Crippen molar-refractivity contribution in [3.8, 4) is 0 Å². The van der Waals surface area contributed by atoms with Crippen LogP contribution < -0.4 is 16.8 Å². The lowest BCUT2D eigenvalue weighted by molar-refractivity contribution is -0.133. The summed E-state index contributed by atoms with van der Waals surface area (Å²) in [6, 6.07) is 1.52. The average Bonchev–Trinajstić information content (AvgIpc) is 3.14. The first-order chi connectivity index (χ1) is 14.7. The van der Waals surface area contributed by atoms with Crippen LogP contribution in [0.5, 0.6) is 0 Å². The summed E-state index contributed by atoms with van der Waals surface area (Å²) in [5, 5.41) is 6.90. The number of aromatic nitrogens is 2. The number of rotatable bonds is 7. The van der Waals surface area contributed by atoms with Crippen LogP contribution in [0.15, 0.2) is 24.4 Å². The quantitative estimate of drug-likeness (QED) is 0.586. The van der Waals surface area contributed by atoms with Crippen LogP contribution in [0.25, 0.3) is 0 Å². The Kier molecular flexibility index (Phi) is 6.64. The van der Waals surface area contributed by atoms with Gasteiger partial charge in [-0.15, -0.1) is 0 Å². The van der Waals surface area contributed by atoms with Crippen LogP contribution in [0.2, 0.25) is 0 Å². The Morgan fingerprint density at radius 3 is 2.52 bits per heavy atom. The van der Waals surface area contributed by atoms with Gasteiger partial charge in [0.2, 0.25) is 11.8 Å². The molecule has 31 heavy (non-hydrogen) atoms. The van der Waals surface area contributed by atoms with E-state index in [1.165, 1.54) is 6.20 Å². The van der Waals surface area contributed by atoms with E-state index in [4.69, 9.17) is 11.5 Å². The zero-order valence-electron chi connectivity index (χ0n) is 17.0. The first-order valence-corrected chi connectivity index (χ1v) is 9.80.